The van der Waals surface area contributed by atoms with Gasteiger partial charge >= 0.3 is 5.97 Å². The van der Waals surface area contributed by atoms with Crippen LogP contribution in [0.5, 0.6) is 0 Å². The summed E-state index contributed by atoms with van der Waals surface area (Å²) in [4.78, 5) is 24.0. The highest BCUT2D eigenvalue weighted by molar-refractivity contribution is 5.93. The van der Waals surface area contributed by atoms with Gasteiger partial charge in [0.25, 0.3) is 0 Å². The fraction of sp³-hybridized carbons (Fsp3) is 0.500. The molecule has 1 aliphatic carbocycles. The van der Waals surface area contributed by atoms with Crippen LogP contribution in [0.2, 0.25) is 0 Å². The van der Waals surface area contributed by atoms with Crippen molar-refractivity contribution >= 4 is 11.9 Å². The Labute approximate surface area is 119 Å². The first-order chi connectivity index (χ1) is 9.44. The molecule has 2 rings (SSSR count). The lowest BCUT2D eigenvalue weighted by Gasteiger charge is -2.42. The molecule has 0 saturated heterocycles. The topological polar surface area (TPSA) is 66.4 Å². The van der Waals surface area contributed by atoms with Crippen molar-refractivity contribution in [2.45, 2.75) is 50.5 Å². The largest absolute Gasteiger partial charge is 0.480 e. The minimum absolute atomic E-state index is 0.165. The van der Waals surface area contributed by atoms with E-state index in [1.807, 2.05) is 30.3 Å². The van der Waals surface area contributed by atoms with Crippen molar-refractivity contribution in [2.75, 3.05) is 0 Å². The third-order valence-corrected chi connectivity index (χ3v) is 4.54. The highest BCUT2D eigenvalue weighted by Crippen LogP contribution is 2.44. The average Bonchev–Trinajstić information content (AvgIpc) is 2.38. The predicted octanol–water partition coefficient (Wildman–Crippen LogP) is 2.48. The Morgan fingerprint density at radius 2 is 1.90 bits per heavy atom. The quantitative estimate of drug-likeness (QED) is 0.867. The Balaban J connectivity index is 2.25. The minimum Gasteiger partial charge on any atom is -0.480 e. The van der Waals surface area contributed by atoms with Crippen LogP contribution in [0.1, 0.15) is 45.1 Å². The highest BCUT2D eigenvalue weighted by atomic mass is 16.4. The normalized spacial score (nSPS) is 19.5. The third-order valence-electron chi connectivity index (χ3n) is 4.54. The van der Waals surface area contributed by atoms with Gasteiger partial charge in [-0.15, -0.1) is 0 Å². The number of nitrogens with one attached hydrogen (secondary N) is 1. The van der Waals surface area contributed by atoms with Crippen molar-refractivity contribution in [3.8, 4) is 0 Å². The van der Waals surface area contributed by atoms with E-state index < -0.39 is 16.9 Å². The summed E-state index contributed by atoms with van der Waals surface area (Å²) in [6, 6.07) is 9.64. The smallest absolute Gasteiger partial charge is 0.329 e. The minimum atomic E-state index is -1.20. The molecular formula is C16H21NO3. The van der Waals surface area contributed by atoms with Gasteiger partial charge in [0.2, 0.25) is 5.91 Å². The number of hydrogen-bond donors (Lipinski definition) is 2. The van der Waals surface area contributed by atoms with Crippen molar-refractivity contribution in [2.24, 2.45) is 0 Å². The molecule has 0 bridgehead atoms. The van der Waals surface area contributed by atoms with Gasteiger partial charge in [0.05, 0.1) is 5.41 Å². The number of carbonyl (C=O) groups excluding carboxylic acids is 1. The summed E-state index contributed by atoms with van der Waals surface area (Å²) in [5.74, 6) is -1.16. The molecule has 0 aliphatic heterocycles. The zero-order valence-electron chi connectivity index (χ0n) is 12.0. The standard InChI is InChI=1S/C16H21NO3/c1-3-15(2,14(19)20)17-13(18)16(10-7-11-16)12-8-5-4-6-9-12/h4-6,8-9H,3,7,10-11H2,1-2H3,(H,17,18)(H,19,20). The van der Waals surface area contributed by atoms with Gasteiger partial charge in [0.1, 0.15) is 5.54 Å². The van der Waals surface area contributed by atoms with Gasteiger partial charge in [-0.2, -0.15) is 0 Å². The van der Waals surface area contributed by atoms with Crippen molar-refractivity contribution in [3.05, 3.63) is 35.9 Å². The molecule has 1 amide bonds. The zero-order chi connectivity index (χ0) is 14.8. The number of rotatable bonds is 5. The molecule has 2 N–H and O–H groups in total. The van der Waals surface area contributed by atoms with Gasteiger partial charge in [0.15, 0.2) is 0 Å². The summed E-state index contributed by atoms with van der Waals surface area (Å²) in [7, 11) is 0. The second-order valence-corrected chi connectivity index (χ2v) is 5.75. The Morgan fingerprint density at radius 1 is 1.30 bits per heavy atom. The fourth-order valence-electron chi connectivity index (χ4n) is 2.60. The van der Waals surface area contributed by atoms with Crippen LogP contribution in [0.3, 0.4) is 0 Å². The van der Waals surface area contributed by atoms with Crippen LogP contribution in [0.4, 0.5) is 0 Å². The molecule has 0 heterocycles. The molecule has 1 aromatic rings. The number of aliphatic carboxylic acids is 1. The Bertz CT molecular complexity index is 508. The van der Waals surface area contributed by atoms with E-state index >= 15 is 0 Å². The van der Waals surface area contributed by atoms with Gasteiger partial charge in [-0.1, -0.05) is 43.7 Å². The first-order valence-corrected chi connectivity index (χ1v) is 7.06. The van der Waals surface area contributed by atoms with E-state index in [9.17, 15) is 14.7 Å². The zero-order valence-corrected chi connectivity index (χ0v) is 12.0. The lowest BCUT2D eigenvalue weighted by Crippen LogP contribution is -2.59. The number of carboxylic acids is 1. The maximum atomic E-state index is 12.7. The number of benzene rings is 1. The maximum absolute atomic E-state index is 12.7. The van der Waals surface area contributed by atoms with Crippen LogP contribution in [0.25, 0.3) is 0 Å². The van der Waals surface area contributed by atoms with Crippen LogP contribution in [0.15, 0.2) is 30.3 Å². The molecule has 1 fully saturated rings. The van der Waals surface area contributed by atoms with Gasteiger partial charge in [-0.05, 0) is 31.7 Å². The maximum Gasteiger partial charge on any atom is 0.329 e. The van der Waals surface area contributed by atoms with Gasteiger partial charge in [-0.25, -0.2) is 4.79 Å². The molecule has 0 radical (unpaired) electrons. The lowest BCUT2D eigenvalue weighted by molar-refractivity contribution is -0.148. The molecule has 1 unspecified atom stereocenters. The molecule has 1 aliphatic rings. The lowest BCUT2D eigenvalue weighted by atomic mass is 9.63. The number of hydrogen-bond acceptors (Lipinski definition) is 2. The molecule has 4 nitrogen and oxygen atoms in total. The van der Waals surface area contributed by atoms with Crippen LogP contribution < -0.4 is 5.32 Å². The molecule has 0 aromatic heterocycles. The molecule has 1 aromatic carbocycles. The van der Waals surface area contributed by atoms with E-state index in [0.717, 1.165) is 24.8 Å². The second-order valence-electron chi connectivity index (χ2n) is 5.75. The van der Waals surface area contributed by atoms with E-state index in [1.54, 1.807) is 13.8 Å². The molecule has 1 saturated carbocycles. The van der Waals surface area contributed by atoms with Crippen LogP contribution >= 0.6 is 0 Å². The summed E-state index contributed by atoms with van der Waals surface area (Å²) < 4.78 is 0. The van der Waals surface area contributed by atoms with E-state index in [0.29, 0.717) is 6.42 Å². The molecular weight excluding hydrogens is 254 g/mol. The van der Waals surface area contributed by atoms with E-state index in [4.69, 9.17) is 0 Å². The second kappa shape index (κ2) is 5.27. The summed E-state index contributed by atoms with van der Waals surface area (Å²) in [6.07, 6.45) is 2.92. The van der Waals surface area contributed by atoms with Crippen molar-refractivity contribution < 1.29 is 14.7 Å². The summed E-state index contributed by atoms with van der Waals surface area (Å²) in [6.45, 7) is 3.33. The van der Waals surface area contributed by atoms with Gasteiger partial charge in [0, 0.05) is 0 Å². The van der Waals surface area contributed by atoms with Crippen molar-refractivity contribution in [1.29, 1.82) is 0 Å². The SMILES string of the molecule is CCC(C)(NC(=O)C1(c2ccccc2)CCC1)C(=O)O. The predicted molar refractivity (Wildman–Crippen MR) is 76.4 cm³/mol. The first-order valence-electron chi connectivity index (χ1n) is 7.06. The van der Waals surface area contributed by atoms with E-state index in [-0.39, 0.29) is 5.91 Å². The van der Waals surface area contributed by atoms with E-state index in [1.165, 1.54) is 0 Å². The Kier molecular flexibility index (Phi) is 3.84. The van der Waals surface area contributed by atoms with Crippen LogP contribution in [-0.4, -0.2) is 22.5 Å². The Morgan fingerprint density at radius 3 is 2.30 bits per heavy atom. The number of carboxylic acid groups (broad SMARTS) is 1. The molecule has 1 atom stereocenters. The third kappa shape index (κ3) is 2.30. The van der Waals surface area contributed by atoms with Crippen LogP contribution in [0, 0.1) is 0 Å². The summed E-state index contributed by atoms with van der Waals surface area (Å²) in [5.41, 5.74) is -0.769. The monoisotopic (exact) mass is 275 g/mol. The molecule has 0 spiro atoms. The first kappa shape index (κ1) is 14.6. The molecule has 20 heavy (non-hydrogen) atoms. The van der Waals surface area contributed by atoms with E-state index in [2.05, 4.69) is 5.32 Å². The highest BCUT2D eigenvalue weighted by Gasteiger charge is 2.48. The molecule has 4 heteroatoms. The van der Waals surface area contributed by atoms with Crippen molar-refractivity contribution in [3.63, 3.8) is 0 Å². The van der Waals surface area contributed by atoms with Gasteiger partial charge < -0.3 is 10.4 Å². The fourth-order valence-corrected chi connectivity index (χ4v) is 2.60. The van der Waals surface area contributed by atoms with Crippen LogP contribution in [-0.2, 0) is 15.0 Å². The average molecular weight is 275 g/mol. The summed E-state index contributed by atoms with van der Waals surface area (Å²) >= 11 is 0. The number of amides is 1. The summed E-state index contributed by atoms with van der Waals surface area (Å²) in [5, 5.41) is 12.0. The van der Waals surface area contributed by atoms with Gasteiger partial charge in [-0.3, -0.25) is 4.79 Å². The Hall–Kier alpha value is -1.84. The number of carbonyl (C=O) groups is 2. The van der Waals surface area contributed by atoms with Crippen molar-refractivity contribution in [1.82, 2.24) is 5.32 Å². The molecule has 108 valence electrons.